The Morgan fingerprint density at radius 1 is 0.925 bits per heavy atom. The van der Waals surface area contributed by atoms with Crippen LogP contribution in [0, 0.1) is 34.6 Å². The van der Waals surface area contributed by atoms with Crippen LogP contribution in [0.5, 0.6) is 11.5 Å². The highest BCUT2D eigenvalue weighted by Crippen LogP contribution is 2.31. The molecular formula is C28H23F4N3O5. The Hall–Kier alpha value is -5.05. The molecule has 0 aliphatic rings. The van der Waals surface area contributed by atoms with Gasteiger partial charge in [-0.25, -0.2) is 18.4 Å². The lowest BCUT2D eigenvalue weighted by Crippen LogP contribution is -2.17. The number of anilines is 2. The molecule has 0 spiro atoms. The Morgan fingerprint density at radius 3 is 2.23 bits per heavy atom. The summed E-state index contributed by atoms with van der Waals surface area (Å²) < 4.78 is 72.1. The van der Waals surface area contributed by atoms with Crippen molar-refractivity contribution in [3.05, 3.63) is 88.5 Å². The standard InChI is InChI=1S/C28H23F4N3O5/c29-23-22(24(30)26(32)27(25(23)31)39-13-2-1-12-33)28(37)40-19-8-3-16(4-9-19)5-10-21(36)38-14-11-17-6-7-18(34)15-20(17)35/h3-10,15H,1-2,11,13-14,34-35H2/b10-5+. The first kappa shape index (κ1) is 29.5. The third-order valence-corrected chi connectivity index (χ3v) is 5.39. The van der Waals surface area contributed by atoms with Crippen LogP contribution in [0.2, 0.25) is 0 Å². The maximum Gasteiger partial charge on any atom is 0.349 e. The van der Waals surface area contributed by atoms with Crippen molar-refractivity contribution >= 4 is 29.4 Å². The van der Waals surface area contributed by atoms with Gasteiger partial charge in [0.2, 0.25) is 11.6 Å². The second-order valence-electron chi connectivity index (χ2n) is 8.24. The van der Waals surface area contributed by atoms with Gasteiger partial charge in [0.1, 0.15) is 11.3 Å². The van der Waals surface area contributed by atoms with Gasteiger partial charge in [-0.05, 0) is 47.9 Å². The van der Waals surface area contributed by atoms with E-state index in [0.717, 1.165) is 11.6 Å². The minimum Gasteiger partial charge on any atom is -0.487 e. The van der Waals surface area contributed by atoms with E-state index in [0.29, 0.717) is 23.4 Å². The molecule has 0 aliphatic carbocycles. The van der Waals surface area contributed by atoms with E-state index in [2.05, 4.69) is 0 Å². The van der Waals surface area contributed by atoms with Crippen LogP contribution in [-0.4, -0.2) is 25.2 Å². The van der Waals surface area contributed by atoms with Crippen LogP contribution in [0.3, 0.4) is 0 Å². The van der Waals surface area contributed by atoms with Gasteiger partial charge in [-0.2, -0.15) is 14.0 Å². The molecule has 0 amide bonds. The van der Waals surface area contributed by atoms with Gasteiger partial charge in [-0.1, -0.05) is 18.2 Å². The molecule has 0 saturated carbocycles. The second kappa shape index (κ2) is 13.7. The number of esters is 2. The summed E-state index contributed by atoms with van der Waals surface area (Å²) in [5.41, 5.74) is 12.2. The number of ether oxygens (including phenoxy) is 3. The minimum absolute atomic E-state index is 0.00147. The molecule has 0 saturated heterocycles. The van der Waals surface area contributed by atoms with Crippen molar-refractivity contribution in [2.24, 2.45) is 0 Å². The Kier molecular flexibility index (Phi) is 10.1. The van der Waals surface area contributed by atoms with Crippen LogP contribution in [0.1, 0.15) is 34.3 Å². The SMILES string of the molecule is N#CCCCOc1c(F)c(F)c(C(=O)Oc2ccc(/C=C/C(=O)OCCc3ccc(N)cc3N)cc2)c(F)c1F. The van der Waals surface area contributed by atoms with E-state index in [9.17, 15) is 27.2 Å². The van der Waals surface area contributed by atoms with Crippen molar-refractivity contribution in [3.63, 3.8) is 0 Å². The monoisotopic (exact) mass is 557 g/mol. The molecule has 0 radical (unpaired) electrons. The number of nitrogen functional groups attached to an aromatic ring is 2. The molecule has 0 aromatic heterocycles. The third-order valence-electron chi connectivity index (χ3n) is 5.39. The number of rotatable bonds is 11. The highest BCUT2D eigenvalue weighted by molar-refractivity contribution is 5.92. The quantitative estimate of drug-likeness (QED) is 0.0631. The van der Waals surface area contributed by atoms with E-state index in [-0.39, 0.29) is 31.8 Å². The van der Waals surface area contributed by atoms with Crippen molar-refractivity contribution in [2.75, 3.05) is 24.7 Å². The molecule has 208 valence electrons. The normalized spacial score (nSPS) is 10.8. The summed E-state index contributed by atoms with van der Waals surface area (Å²) in [7, 11) is 0. The number of hydrogen-bond donors (Lipinski definition) is 2. The van der Waals surface area contributed by atoms with E-state index in [4.69, 9.17) is 30.9 Å². The van der Waals surface area contributed by atoms with Crippen molar-refractivity contribution in [3.8, 4) is 17.6 Å². The van der Waals surface area contributed by atoms with Gasteiger partial charge >= 0.3 is 11.9 Å². The molecule has 3 aromatic rings. The first-order valence-electron chi connectivity index (χ1n) is 11.8. The molecule has 8 nitrogen and oxygen atoms in total. The van der Waals surface area contributed by atoms with E-state index in [1.165, 1.54) is 30.3 Å². The summed E-state index contributed by atoms with van der Waals surface area (Å²) >= 11 is 0. The van der Waals surface area contributed by atoms with Crippen LogP contribution < -0.4 is 20.9 Å². The number of unbranched alkanes of at least 4 members (excludes halogenated alkanes) is 1. The Labute approximate surface area is 226 Å². The fourth-order valence-electron chi connectivity index (χ4n) is 3.36. The number of halogens is 4. The van der Waals surface area contributed by atoms with Gasteiger partial charge < -0.3 is 25.7 Å². The molecule has 0 bridgehead atoms. The molecule has 4 N–H and O–H groups in total. The molecule has 0 heterocycles. The summed E-state index contributed by atoms with van der Waals surface area (Å²) in [5, 5.41) is 8.46. The van der Waals surface area contributed by atoms with Gasteiger partial charge in [0.15, 0.2) is 17.4 Å². The van der Waals surface area contributed by atoms with Gasteiger partial charge in [0.25, 0.3) is 0 Å². The summed E-state index contributed by atoms with van der Waals surface area (Å²) in [6.45, 7) is -0.296. The number of nitrogens with zero attached hydrogens (tertiary/aromatic N) is 1. The Bertz CT molecular complexity index is 1440. The smallest absolute Gasteiger partial charge is 0.349 e. The Morgan fingerprint density at radius 2 is 1.60 bits per heavy atom. The molecule has 0 unspecified atom stereocenters. The molecule has 12 heteroatoms. The lowest BCUT2D eigenvalue weighted by molar-refractivity contribution is -0.137. The van der Waals surface area contributed by atoms with Crippen LogP contribution in [0.25, 0.3) is 6.08 Å². The van der Waals surface area contributed by atoms with E-state index in [1.54, 1.807) is 24.3 Å². The fourth-order valence-corrected chi connectivity index (χ4v) is 3.36. The topological polar surface area (TPSA) is 138 Å². The summed E-state index contributed by atoms with van der Waals surface area (Å²) in [5.74, 6) is -11.6. The highest BCUT2D eigenvalue weighted by atomic mass is 19.2. The third kappa shape index (κ3) is 7.50. The number of carbonyl (C=O) groups excluding carboxylic acids is 2. The van der Waals surface area contributed by atoms with Crippen molar-refractivity contribution in [1.82, 2.24) is 0 Å². The fraction of sp³-hybridized carbons (Fsp3) is 0.179. The first-order chi connectivity index (χ1) is 19.1. The van der Waals surface area contributed by atoms with Gasteiger partial charge in [0.05, 0.1) is 19.3 Å². The van der Waals surface area contributed by atoms with Crippen molar-refractivity contribution in [1.29, 1.82) is 5.26 Å². The lowest BCUT2D eigenvalue weighted by atomic mass is 10.1. The van der Waals surface area contributed by atoms with E-state index < -0.39 is 46.5 Å². The summed E-state index contributed by atoms with van der Waals surface area (Å²) in [6, 6.07) is 12.1. The van der Waals surface area contributed by atoms with Crippen LogP contribution >= 0.6 is 0 Å². The van der Waals surface area contributed by atoms with E-state index >= 15 is 0 Å². The van der Waals surface area contributed by atoms with Crippen LogP contribution in [0.15, 0.2) is 48.5 Å². The molecule has 3 aromatic carbocycles. The highest BCUT2D eigenvalue weighted by Gasteiger charge is 2.31. The van der Waals surface area contributed by atoms with Gasteiger partial charge in [-0.3, -0.25) is 0 Å². The maximum absolute atomic E-state index is 14.4. The molecular weight excluding hydrogens is 534 g/mol. The maximum atomic E-state index is 14.4. The zero-order chi connectivity index (χ0) is 29.2. The predicted molar refractivity (Wildman–Crippen MR) is 137 cm³/mol. The van der Waals surface area contributed by atoms with Crippen molar-refractivity contribution in [2.45, 2.75) is 19.3 Å². The largest absolute Gasteiger partial charge is 0.487 e. The number of nitriles is 1. The number of carbonyl (C=O) groups is 2. The average Bonchev–Trinajstić information content (AvgIpc) is 2.92. The second-order valence-corrected chi connectivity index (χ2v) is 8.24. The molecule has 0 atom stereocenters. The van der Waals surface area contributed by atoms with Gasteiger partial charge in [0, 0.05) is 30.3 Å². The summed E-state index contributed by atoms with van der Waals surface area (Å²) in [6.07, 6.45) is 3.02. The lowest BCUT2D eigenvalue weighted by Gasteiger charge is -2.12. The summed E-state index contributed by atoms with van der Waals surface area (Å²) in [4.78, 5) is 24.3. The van der Waals surface area contributed by atoms with Gasteiger partial charge in [-0.15, -0.1) is 0 Å². The predicted octanol–water partition coefficient (Wildman–Crippen LogP) is 5.11. The number of benzene rings is 3. The first-order valence-corrected chi connectivity index (χ1v) is 11.8. The zero-order valence-electron chi connectivity index (χ0n) is 20.9. The Balaban J connectivity index is 1.58. The van der Waals surface area contributed by atoms with Crippen LogP contribution in [0.4, 0.5) is 28.9 Å². The molecule has 40 heavy (non-hydrogen) atoms. The molecule has 3 rings (SSSR count). The number of nitrogens with two attached hydrogens (primary N) is 2. The van der Waals surface area contributed by atoms with Crippen LogP contribution in [-0.2, 0) is 16.0 Å². The number of hydrogen-bond acceptors (Lipinski definition) is 8. The van der Waals surface area contributed by atoms with E-state index in [1.807, 2.05) is 0 Å². The minimum atomic E-state index is -1.99. The van der Waals surface area contributed by atoms with Crippen molar-refractivity contribution < 1.29 is 41.4 Å². The average molecular weight is 558 g/mol. The molecule has 0 aliphatic heterocycles. The molecule has 0 fully saturated rings. The zero-order valence-corrected chi connectivity index (χ0v) is 20.9.